The van der Waals surface area contributed by atoms with Crippen LogP contribution in [-0.2, 0) is 45.4 Å². The standard InChI is InChI=1S/C28H22F2I2O.Cu.H2O4S/c1-17-7-3-5-9-21(17)23-13-27(31)19(11-25(23)29)15-33-16-20-12-26(30)24(14-28(20)32)22-10-6-4-8-18(22)2;;1-5(2,3)4/h3-14H,15-16H2,1-2H3;;(H2,1,2,3,4)/q;+2;/p-2. The molecule has 4 aromatic rings. The van der Waals surface area contributed by atoms with Crippen LogP contribution >= 0.6 is 45.2 Å². The second-order valence-electron chi connectivity index (χ2n) is 8.38. The van der Waals surface area contributed by atoms with Gasteiger partial charge in [0.1, 0.15) is 11.6 Å². The van der Waals surface area contributed by atoms with Crippen molar-refractivity contribution >= 4 is 55.6 Å². The van der Waals surface area contributed by atoms with Gasteiger partial charge in [0, 0.05) is 28.7 Å². The first-order valence-corrected chi connectivity index (χ1v) is 14.7. The molecule has 39 heavy (non-hydrogen) atoms. The summed E-state index contributed by atoms with van der Waals surface area (Å²) in [7, 11) is -5.17. The zero-order valence-corrected chi connectivity index (χ0v) is 26.7. The summed E-state index contributed by atoms with van der Waals surface area (Å²) in [4.78, 5) is 0. The molecule has 0 atom stereocenters. The summed E-state index contributed by atoms with van der Waals surface area (Å²) in [6, 6.07) is 22.3. The van der Waals surface area contributed by atoms with Crippen molar-refractivity contribution in [1.82, 2.24) is 0 Å². The monoisotopic (exact) mass is 825 g/mol. The van der Waals surface area contributed by atoms with Crippen molar-refractivity contribution in [2.75, 3.05) is 0 Å². The SMILES string of the molecule is Cc1ccccc1-c1cc(I)c(COCc2cc(F)c(-c3ccccc3C)cc2I)cc1F.O=S(=O)([O-])[O-].[Cu+2]. The molecule has 0 spiro atoms. The fourth-order valence-electron chi connectivity index (χ4n) is 3.83. The van der Waals surface area contributed by atoms with Crippen LogP contribution in [0.4, 0.5) is 8.78 Å². The van der Waals surface area contributed by atoms with Crippen molar-refractivity contribution in [1.29, 1.82) is 0 Å². The molecule has 0 aliphatic carbocycles. The summed E-state index contributed by atoms with van der Waals surface area (Å²) in [5.41, 5.74) is 6.56. The normalized spacial score (nSPS) is 10.9. The third-order valence-electron chi connectivity index (χ3n) is 5.66. The van der Waals surface area contributed by atoms with Crippen LogP contribution < -0.4 is 0 Å². The van der Waals surface area contributed by atoms with Gasteiger partial charge in [0.2, 0.25) is 0 Å². The molecule has 0 bridgehead atoms. The Morgan fingerprint density at radius 2 is 1.03 bits per heavy atom. The summed E-state index contributed by atoms with van der Waals surface area (Å²) in [6.07, 6.45) is 0. The summed E-state index contributed by atoms with van der Waals surface area (Å²) in [5.74, 6) is -0.543. The topological polar surface area (TPSA) is 89.5 Å². The van der Waals surface area contributed by atoms with E-state index in [4.69, 9.17) is 22.3 Å². The number of hydrogen-bond acceptors (Lipinski definition) is 5. The molecule has 0 amide bonds. The first kappa shape index (κ1) is 33.8. The van der Waals surface area contributed by atoms with Crippen LogP contribution in [0.2, 0.25) is 0 Å². The third-order valence-corrected chi connectivity index (χ3v) is 7.67. The van der Waals surface area contributed by atoms with E-state index >= 15 is 0 Å². The molecule has 0 N–H and O–H groups in total. The first-order valence-electron chi connectivity index (χ1n) is 11.2. The van der Waals surface area contributed by atoms with Gasteiger partial charge < -0.3 is 13.8 Å². The number of hydrogen-bond donors (Lipinski definition) is 0. The van der Waals surface area contributed by atoms with Crippen molar-refractivity contribution in [3.05, 3.63) is 114 Å². The van der Waals surface area contributed by atoms with Gasteiger partial charge in [-0.1, -0.05) is 48.5 Å². The van der Waals surface area contributed by atoms with Crippen molar-refractivity contribution < 1.29 is 48.1 Å². The van der Waals surface area contributed by atoms with Gasteiger partial charge in [0.15, 0.2) is 0 Å². The van der Waals surface area contributed by atoms with E-state index in [1.54, 1.807) is 0 Å². The zero-order chi connectivity index (χ0) is 28.0. The maximum atomic E-state index is 14.9. The number of benzene rings is 4. The number of ether oxygens (including phenoxy) is 1. The van der Waals surface area contributed by atoms with Gasteiger partial charge in [-0.3, -0.25) is 8.42 Å². The molecule has 5 nitrogen and oxygen atoms in total. The van der Waals surface area contributed by atoms with Gasteiger partial charge in [-0.25, -0.2) is 8.78 Å². The van der Waals surface area contributed by atoms with Gasteiger partial charge in [-0.05, 0) is 117 Å². The minimum Gasteiger partial charge on any atom is -0.759 e. The Hall–Kier alpha value is -1.45. The Morgan fingerprint density at radius 3 is 1.36 bits per heavy atom. The van der Waals surface area contributed by atoms with Gasteiger partial charge in [0.05, 0.1) is 13.2 Å². The fraction of sp³-hybridized carbons (Fsp3) is 0.143. The number of aryl methyl sites for hydroxylation is 2. The molecule has 0 saturated carbocycles. The summed E-state index contributed by atoms with van der Waals surface area (Å²) in [6.45, 7) is 4.45. The number of rotatable bonds is 6. The second-order valence-corrected chi connectivity index (χ2v) is 11.5. The van der Waals surface area contributed by atoms with E-state index in [1.807, 2.05) is 74.5 Å². The van der Waals surface area contributed by atoms with E-state index in [-0.39, 0.29) is 41.9 Å². The second kappa shape index (κ2) is 15.0. The Morgan fingerprint density at radius 1 is 0.692 bits per heavy atom. The molecule has 4 rings (SSSR count). The van der Waals surface area contributed by atoms with Crippen molar-refractivity contribution in [3.63, 3.8) is 0 Å². The molecular weight excluding hydrogens is 804 g/mol. The van der Waals surface area contributed by atoms with E-state index in [9.17, 15) is 8.78 Å². The maximum Gasteiger partial charge on any atom is 2.00 e. The van der Waals surface area contributed by atoms with Crippen LogP contribution in [0.15, 0.2) is 72.8 Å². The van der Waals surface area contributed by atoms with Crippen LogP contribution in [-0.4, -0.2) is 17.5 Å². The van der Waals surface area contributed by atoms with Crippen LogP contribution in [0.5, 0.6) is 0 Å². The van der Waals surface area contributed by atoms with Gasteiger partial charge in [-0.2, -0.15) is 0 Å². The van der Waals surface area contributed by atoms with E-state index in [0.717, 1.165) is 40.5 Å². The molecular formula is C28H22CuF2I2O5S. The summed E-state index contributed by atoms with van der Waals surface area (Å²) < 4.78 is 71.6. The summed E-state index contributed by atoms with van der Waals surface area (Å²) >= 11 is 4.43. The molecule has 0 fully saturated rings. The first-order chi connectivity index (χ1) is 17.8. The van der Waals surface area contributed by atoms with Gasteiger partial charge in [0.25, 0.3) is 0 Å². The van der Waals surface area contributed by atoms with Crippen molar-refractivity contribution in [3.8, 4) is 22.3 Å². The minimum atomic E-state index is -5.17. The van der Waals surface area contributed by atoms with Crippen LogP contribution in [0.1, 0.15) is 22.3 Å². The molecule has 1 radical (unpaired) electrons. The fourth-order valence-corrected chi connectivity index (χ4v) is 5.08. The average Bonchev–Trinajstić information content (AvgIpc) is 2.83. The van der Waals surface area contributed by atoms with E-state index < -0.39 is 10.4 Å². The number of halogens is 4. The molecule has 0 unspecified atom stereocenters. The molecule has 0 aliphatic heterocycles. The van der Waals surface area contributed by atoms with Crippen molar-refractivity contribution in [2.45, 2.75) is 27.1 Å². The summed E-state index contributed by atoms with van der Waals surface area (Å²) in [5, 5.41) is 0. The van der Waals surface area contributed by atoms with Gasteiger partial charge in [-0.15, -0.1) is 0 Å². The Bertz CT molecular complexity index is 1460. The maximum absolute atomic E-state index is 14.9. The molecule has 0 saturated heterocycles. The molecule has 0 aromatic heterocycles. The van der Waals surface area contributed by atoms with Crippen LogP contribution in [0.3, 0.4) is 0 Å². The average molecular weight is 826 g/mol. The molecule has 209 valence electrons. The zero-order valence-electron chi connectivity index (χ0n) is 20.6. The smallest absolute Gasteiger partial charge is 0.759 e. The Labute approximate surface area is 264 Å². The minimum absolute atomic E-state index is 0. The van der Waals surface area contributed by atoms with E-state index in [2.05, 4.69) is 45.2 Å². The predicted octanol–water partition coefficient (Wildman–Crippen LogP) is 7.50. The van der Waals surface area contributed by atoms with Crippen molar-refractivity contribution in [2.24, 2.45) is 0 Å². The van der Waals surface area contributed by atoms with Crippen LogP contribution in [0, 0.1) is 32.6 Å². The van der Waals surface area contributed by atoms with E-state index in [0.29, 0.717) is 11.1 Å². The molecule has 0 heterocycles. The van der Waals surface area contributed by atoms with E-state index in [1.165, 1.54) is 12.1 Å². The van der Waals surface area contributed by atoms with Crippen LogP contribution in [0.25, 0.3) is 22.3 Å². The van der Waals surface area contributed by atoms with Gasteiger partial charge >= 0.3 is 17.1 Å². The molecule has 0 aliphatic rings. The third kappa shape index (κ3) is 9.85. The Kier molecular flexibility index (Phi) is 13.0. The Balaban J connectivity index is 0.000000816. The largest absolute Gasteiger partial charge is 2.00 e. The molecule has 4 aromatic carbocycles. The predicted molar refractivity (Wildman–Crippen MR) is 158 cm³/mol. The molecule has 11 heteroatoms. The quantitative estimate of drug-likeness (QED) is 0.0871.